The zero-order chi connectivity index (χ0) is 4.28. The maximum absolute atomic E-state index is 11.1. The molecule has 0 aliphatic carbocycles. The summed E-state index contributed by atoms with van der Waals surface area (Å²) in [6.45, 7) is 1.65. The van der Waals surface area contributed by atoms with Crippen LogP contribution in [0.5, 0.6) is 0 Å². The third-order valence-electron chi connectivity index (χ3n) is 0.253. The minimum Gasteiger partial charge on any atom is -0.251 e. The number of halogens is 1. The average Bonchev–Trinajstić information content (AvgIpc) is 1.38. The van der Waals surface area contributed by atoms with E-state index in [1.54, 1.807) is 6.92 Å². The van der Waals surface area contributed by atoms with E-state index in [4.69, 9.17) is 4.78 Å². The first-order chi connectivity index (χ1) is 2.27. The van der Waals surface area contributed by atoms with Gasteiger partial charge in [0, 0.05) is 5.75 Å². The molecule has 0 saturated carbocycles. The second-order valence-electron chi connectivity index (χ2n) is 0.619. The molecule has 0 heterocycles. The highest BCUT2D eigenvalue weighted by Crippen LogP contribution is 1.77. The molecule has 1 nitrogen and oxygen atoms in total. The second-order valence-corrected chi connectivity index (χ2v) is 1.86. The lowest BCUT2D eigenvalue weighted by molar-refractivity contribution is 0.910. The number of nitrogens with one attached hydrogen (secondary N) is 1. The zero-order valence-corrected chi connectivity index (χ0v) is 3.81. The van der Waals surface area contributed by atoms with E-state index >= 15 is 0 Å². The fraction of sp³-hybridized carbons (Fsp3) is 1.00. The molecule has 1 unspecified atom stereocenters. The predicted octanol–water partition coefficient (Wildman–Crippen LogP) is 1.27. The van der Waals surface area contributed by atoms with Gasteiger partial charge in [0.25, 0.3) is 0 Å². The molecular formula is C2H6FNS. The molecule has 0 aromatic rings. The maximum Gasteiger partial charge on any atom is 0.0740 e. The Morgan fingerprint density at radius 3 is 2.20 bits per heavy atom. The van der Waals surface area contributed by atoms with E-state index in [0.717, 1.165) is 0 Å². The van der Waals surface area contributed by atoms with Crippen LogP contribution in [0, 0.1) is 4.78 Å². The average molecular weight is 95.1 g/mol. The molecule has 0 aliphatic heterocycles. The molecule has 0 saturated heterocycles. The third kappa shape index (κ3) is 4.08. The van der Waals surface area contributed by atoms with Crippen molar-refractivity contribution in [3.63, 3.8) is 0 Å². The van der Waals surface area contributed by atoms with Gasteiger partial charge in [-0.2, -0.15) is 3.89 Å². The van der Waals surface area contributed by atoms with Gasteiger partial charge in [-0.3, -0.25) is 4.78 Å². The Morgan fingerprint density at radius 1 is 2.00 bits per heavy atom. The monoisotopic (exact) mass is 95.0 g/mol. The smallest absolute Gasteiger partial charge is 0.0740 e. The highest BCUT2D eigenvalue weighted by atomic mass is 32.2. The van der Waals surface area contributed by atoms with Gasteiger partial charge in [-0.05, 0) is 0 Å². The molecular weight excluding hydrogens is 89.1 g/mol. The summed E-state index contributed by atoms with van der Waals surface area (Å²) in [6, 6.07) is 0. The first kappa shape index (κ1) is 5.08. The highest BCUT2D eigenvalue weighted by Gasteiger charge is 1.73. The van der Waals surface area contributed by atoms with Gasteiger partial charge in [-0.15, -0.1) is 0 Å². The Hall–Kier alpha value is 0.0800. The van der Waals surface area contributed by atoms with Gasteiger partial charge in [-0.25, -0.2) is 0 Å². The Morgan fingerprint density at radius 2 is 2.20 bits per heavy atom. The summed E-state index contributed by atoms with van der Waals surface area (Å²) < 4.78 is 17.3. The van der Waals surface area contributed by atoms with Gasteiger partial charge in [0.15, 0.2) is 0 Å². The lowest BCUT2D eigenvalue weighted by atomic mass is 11.0. The lowest BCUT2D eigenvalue weighted by Gasteiger charge is -1.74. The predicted molar refractivity (Wildman–Crippen MR) is 21.7 cm³/mol. The van der Waals surface area contributed by atoms with Crippen molar-refractivity contribution in [1.82, 2.24) is 0 Å². The van der Waals surface area contributed by atoms with Crippen molar-refractivity contribution < 1.29 is 3.89 Å². The molecule has 32 valence electrons. The van der Waals surface area contributed by atoms with Gasteiger partial charge < -0.3 is 0 Å². The van der Waals surface area contributed by atoms with E-state index in [9.17, 15) is 3.89 Å². The fourth-order valence-corrected chi connectivity index (χ4v) is 0. The summed E-state index contributed by atoms with van der Waals surface area (Å²) in [7, 11) is 0. The van der Waals surface area contributed by atoms with Gasteiger partial charge in [0.1, 0.15) is 0 Å². The molecule has 0 rings (SSSR count). The van der Waals surface area contributed by atoms with E-state index in [1.165, 1.54) is 0 Å². The Balaban J connectivity index is 2.85. The maximum atomic E-state index is 11.1. The zero-order valence-electron chi connectivity index (χ0n) is 2.99. The van der Waals surface area contributed by atoms with Crippen molar-refractivity contribution in [3.8, 4) is 0 Å². The van der Waals surface area contributed by atoms with Crippen LogP contribution in [0.15, 0.2) is 0 Å². The van der Waals surface area contributed by atoms with Gasteiger partial charge in [0.05, 0.1) is 11.1 Å². The first-order valence-corrected chi connectivity index (χ1v) is 2.65. The van der Waals surface area contributed by atoms with E-state index < -0.39 is 11.1 Å². The molecule has 3 heteroatoms. The minimum absolute atomic E-state index is 0.333. The topological polar surface area (TPSA) is 23.9 Å². The quantitative estimate of drug-likeness (QED) is 0.507. The van der Waals surface area contributed by atoms with Crippen molar-refractivity contribution >= 4 is 11.1 Å². The highest BCUT2D eigenvalue weighted by molar-refractivity contribution is 7.80. The summed E-state index contributed by atoms with van der Waals surface area (Å²) in [4.78, 5) is 0. The van der Waals surface area contributed by atoms with Gasteiger partial charge >= 0.3 is 0 Å². The minimum atomic E-state index is -1.57. The van der Waals surface area contributed by atoms with Crippen molar-refractivity contribution in [1.29, 1.82) is 4.78 Å². The van der Waals surface area contributed by atoms with Crippen LogP contribution in [0.3, 0.4) is 0 Å². The Bertz CT molecular complexity index is 44.9. The Labute approximate surface area is 33.4 Å². The molecule has 0 aromatic carbocycles. The molecule has 5 heavy (non-hydrogen) atoms. The standard InChI is InChI=1S/C2H6FNS/c1-2-5(3)4/h4H,2H2,1H3. The van der Waals surface area contributed by atoms with Crippen LogP contribution >= 0.6 is 0 Å². The molecule has 1 N–H and O–H groups in total. The third-order valence-corrected chi connectivity index (χ3v) is 0.760. The molecule has 0 bridgehead atoms. The van der Waals surface area contributed by atoms with Crippen LogP contribution in [0.4, 0.5) is 3.89 Å². The van der Waals surface area contributed by atoms with Crippen molar-refractivity contribution in [2.45, 2.75) is 6.92 Å². The molecule has 1 atom stereocenters. The van der Waals surface area contributed by atoms with E-state index in [2.05, 4.69) is 0 Å². The van der Waals surface area contributed by atoms with E-state index in [0.29, 0.717) is 5.75 Å². The lowest BCUT2D eigenvalue weighted by Crippen LogP contribution is -1.74. The van der Waals surface area contributed by atoms with Crippen LogP contribution in [-0.4, -0.2) is 5.75 Å². The summed E-state index contributed by atoms with van der Waals surface area (Å²) in [5.74, 6) is 0.333. The van der Waals surface area contributed by atoms with E-state index in [-0.39, 0.29) is 0 Å². The van der Waals surface area contributed by atoms with Gasteiger partial charge in [0.2, 0.25) is 0 Å². The number of hydrogen-bond acceptors (Lipinski definition) is 1. The van der Waals surface area contributed by atoms with E-state index in [1.807, 2.05) is 0 Å². The van der Waals surface area contributed by atoms with Crippen LogP contribution < -0.4 is 0 Å². The fourth-order valence-electron chi connectivity index (χ4n) is 0. The molecule has 0 aliphatic rings. The number of hydrogen-bond donors (Lipinski definition) is 1. The summed E-state index contributed by atoms with van der Waals surface area (Å²) in [6.07, 6.45) is 0. The van der Waals surface area contributed by atoms with Crippen LogP contribution in [-0.2, 0) is 11.1 Å². The van der Waals surface area contributed by atoms with Crippen LogP contribution in [0.2, 0.25) is 0 Å². The Kier molecular flexibility index (Phi) is 2.36. The van der Waals surface area contributed by atoms with Crippen LogP contribution in [0.25, 0.3) is 0 Å². The first-order valence-electron chi connectivity index (χ1n) is 1.35. The summed E-state index contributed by atoms with van der Waals surface area (Å²) in [5, 5.41) is 0. The second kappa shape index (κ2) is 2.33. The SMILES string of the molecule is CCS(=N)F. The van der Waals surface area contributed by atoms with Crippen molar-refractivity contribution in [2.75, 3.05) is 5.75 Å². The van der Waals surface area contributed by atoms with Crippen molar-refractivity contribution in [3.05, 3.63) is 0 Å². The van der Waals surface area contributed by atoms with Crippen molar-refractivity contribution in [2.24, 2.45) is 0 Å². The normalized spacial score (nSPS) is 14.8. The molecule has 0 amide bonds. The molecule has 0 spiro atoms. The summed E-state index contributed by atoms with van der Waals surface area (Å²) in [5.41, 5.74) is 0. The molecule has 0 radical (unpaired) electrons. The van der Waals surface area contributed by atoms with Gasteiger partial charge in [-0.1, -0.05) is 6.92 Å². The molecule has 0 aromatic heterocycles. The largest absolute Gasteiger partial charge is 0.251 e. The summed E-state index contributed by atoms with van der Waals surface area (Å²) >= 11 is -1.57. The van der Waals surface area contributed by atoms with Crippen LogP contribution in [0.1, 0.15) is 6.92 Å². The molecule has 0 fully saturated rings. The number of rotatable bonds is 1.